The number of carbonyl (C=O) groups excluding carboxylic acids is 1. The lowest BCUT2D eigenvalue weighted by Crippen LogP contribution is -2.15. The van der Waals surface area contributed by atoms with Crippen molar-refractivity contribution in [2.75, 3.05) is 5.32 Å². The van der Waals surface area contributed by atoms with E-state index in [1.54, 1.807) is 10.9 Å². The van der Waals surface area contributed by atoms with Gasteiger partial charge in [0.15, 0.2) is 0 Å². The van der Waals surface area contributed by atoms with Crippen molar-refractivity contribution in [3.05, 3.63) is 42.0 Å². The number of amides is 1. The highest BCUT2D eigenvalue weighted by atomic mass is 19.1. The number of halogens is 1. The number of benzene rings is 1. The van der Waals surface area contributed by atoms with Gasteiger partial charge in [0.05, 0.1) is 18.4 Å². The maximum Gasteiger partial charge on any atom is 0.226 e. The lowest BCUT2D eigenvalue weighted by molar-refractivity contribution is -0.116. The van der Waals surface area contributed by atoms with Crippen molar-refractivity contribution in [2.24, 2.45) is 0 Å². The van der Waals surface area contributed by atoms with E-state index in [0.29, 0.717) is 12.2 Å². The molecule has 126 valence electrons. The van der Waals surface area contributed by atoms with Crippen LogP contribution in [-0.2, 0) is 11.3 Å². The van der Waals surface area contributed by atoms with E-state index in [4.69, 9.17) is 0 Å². The van der Waals surface area contributed by atoms with Crippen LogP contribution in [0.2, 0.25) is 0 Å². The second-order valence-corrected chi connectivity index (χ2v) is 6.03. The Labute approximate surface area is 139 Å². The summed E-state index contributed by atoms with van der Waals surface area (Å²) in [4.78, 5) is 12.1. The maximum atomic E-state index is 12.9. The third-order valence-corrected chi connectivity index (χ3v) is 3.84. The molecule has 0 saturated carbocycles. The molecule has 3 aromatic rings. The van der Waals surface area contributed by atoms with Gasteiger partial charge in [0.1, 0.15) is 16.9 Å². The number of aryl methyl sites for hydroxylation is 2. The summed E-state index contributed by atoms with van der Waals surface area (Å²) in [7, 11) is 0. The summed E-state index contributed by atoms with van der Waals surface area (Å²) in [6, 6.07) is 5.96. The van der Waals surface area contributed by atoms with E-state index >= 15 is 0 Å². The summed E-state index contributed by atoms with van der Waals surface area (Å²) < 4.78 is 16.6. The van der Waals surface area contributed by atoms with Gasteiger partial charge in [-0.2, -0.15) is 10.2 Å². The second-order valence-electron chi connectivity index (χ2n) is 6.03. The summed E-state index contributed by atoms with van der Waals surface area (Å²) in [6.45, 7) is 6.54. The third kappa shape index (κ3) is 3.15. The number of anilines is 1. The fraction of sp³-hybridized carbons (Fsp3) is 0.353. The van der Waals surface area contributed by atoms with Gasteiger partial charge in [-0.25, -0.2) is 4.39 Å². The maximum absolute atomic E-state index is 12.9. The monoisotopic (exact) mass is 329 g/mol. The number of carbonyl (C=O) groups is 1. The van der Waals surface area contributed by atoms with Gasteiger partial charge in [0, 0.05) is 18.2 Å². The zero-order chi connectivity index (χ0) is 17.3. The smallest absolute Gasteiger partial charge is 0.226 e. The fourth-order valence-electron chi connectivity index (χ4n) is 2.71. The van der Waals surface area contributed by atoms with E-state index < -0.39 is 0 Å². The minimum Gasteiger partial charge on any atom is -0.326 e. The molecule has 1 N–H and O–H groups in total. The number of nitrogens with one attached hydrogen (secondary N) is 1. The molecule has 0 aliphatic heterocycles. The Kier molecular flexibility index (Phi) is 4.33. The van der Waals surface area contributed by atoms with Gasteiger partial charge in [-0.3, -0.25) is 14.2 Å². The van der Waals surface area contributed by atoms with Crippen LogP contribution in [0.4, 0.5) is 10.1 Å². The number of nitrogens with zero attached hydrogens (tertiary/aromatic N) is 4. The number of fused-ring (bicyclic) bond motifs is 1. The van der Waals surface area contributed by atoms with Crippen molar-refractivity contribution in [1.82, 2.24) is 19.6 Å². The molecule has 2 heterocycles. The van der Waals surface area contributed by atoms with Crippen LogP contribution in [0.5, 0.6) is 0 Å². The summed E-state index contributed by atoms with van der Waals surface area (Å²) in [5.41, 5.74) is 3.41. The first-order valence-corrected chi connectivity index (χ1v) is 7.91. The van der Waals surface area contributed by atoms with Crippen molar-refractivity contribution < 1.29 is 9.18 Å². The molecule has 2 aromatic heterocycles. The molecular formula is C17H20FN5O. The highest BCUT2D eigenvalue weighted by Crippen LogP contribution is 2.21. The average Bonchev–Trinajstić information content (AvgIpc) is 3.09. The van der Waals surface area contributed by atoms with Crippen LogP contribution < -0.4 is 5.32 Å². The summed E-state index contributed by atoms with van der Waals surface area (Å²) in [5, 5.41) is 11.7. The van der Waals surface area contributed by atoms with E-state index in [1.807, 2.05) is 11.6 Å². The Hall–Kier alpha value is -2.70. The summed E-state index contributed by atoms with van der Waals surface area (Å²) in [6.07, 6.45) is 2.06. The number of hydrogen-bond donors (Lipinski definition) is 1. The highest BCUT2D eigenvalue weighted by Gasteiger charge is 2.15. The Bertz CT molecular complexity index is 863. The average molecular weight is 329 g/mol. The first-order chi connectivity index (χ1) is 11.5. The predicted octanol–water partition coefficient (Wildman–Crippen LogP) is 3.29. The Balaban J connectivity index is 1.69. The zero-order valence-corrected chi connectivity index (χ0v) is 14.0. The number of hydrogen-bond acceptors (Lipinski definition) is 3. The molecule has 0 fully saturated rings. The zero-order valence-electron chi connectivity index (χ0n) is 14.0. The minimum absolute atomic E-state index is 0.140. The first-order valence-electron chi connectivity index (χ1n) is 7.91. The molecule has 7 heteroatoms. The first kappa shape index (κ1) is 16.2. The summed E-state index contributed by atoms with van der Waals surface area (Å²) in [5.74, 6) is -0.469. The molecule has 0 spiro atoms. The lowest BCUT2D eigenvalue weighted by atomic mass is 10.3. The third-order valence-electron chi connectivity index (χ3n) is 3.84. The molecule has 3 rings (SSSR count). The second kappa shape index (κ2) is 6.43. The molecule has 0 radical (unpaired) electrons. The Morgan fingerprint density at radius 1 is 1.29 bits per heavy atom. The molecule has 0 unspecified atom stereocenters. The van der Waals surface area contributed by atoms with Crippen LogP contribution in [0, 0.1) is 12.7 Å². The molecule has 1 amide bonds. The van der Waals surface area contributed by atoms with Gasteiger partial charge in [0.2, 0.25) is 5.91 Å². The van der Waals surface area contributed by atoms with E-state index in [9.17, 15) is 9.18 Å². The van der Waals surface area contributed by atoms with Gasteiger partial charge in [-0.1, -0.05) is 0 Å². The van der Waals surface area contributed by atoms with Gasteiger partial charge in [-0.05, 0) is 45.0 Å². The molecule has 0 atom stereocenters. The van der Waals surface area contributed by atoms with Crippen LogP contribution in [0.25, 0.3) is 11.0 Å². The highest BCUT2D eigenvalue weighted by molar-refractivity contribution is 5.90. The van der Waals surface area contributed by atoms with Crippen molar-refractivity contribution >= 4 is 22.6 Å². The quantitative estimate of drug-likeness (QED) is 0.781. The van der Waals surface area contributed by atoms with Crippen molar-refractivity contribution in [3.8, 4) is 0 Å². The number of aromatic nitrogens is 4. The lowest BCUT2D eigenvalue weighted by Gasteiger charge is -2.06. The molecule has 0 saturated heterocycles. The molecular weight excluding hydrogens is 309 g/mol. The van der Waals surface area contributed by atoms with Crippen LogP contribution in [0.15, 0.2) is 30.5 Å². The van der Waals surface area contributed by atoms with Crippen LogP contribution in [0.1, 0.15) is 32.0 Å². The van der Waals surface area contributed by atoms with Crippen molar-refractivity contribution in [3.63, 3.8) is 0 Å². The van der Waals surface area contributed by atoms with Gasteiger partial charge in [0.25, 0.3) is 0 Å². The minimum atomic E-state index is -0.329. The SMILES string of the molecule is Cc1nn(C(C)C)c2cnn(CCC(=O)Nc3ccc(F)cc3)c12. The fourth-order valence-corrected chi connectivity index (χ4v) is 2.71. The summed E-state index contributed by atoms with van der Waals surface area (Å²) >= 11 is 0. The van der Waals surface area contributed by atoms with E-state index in [-0.39, 0.29) is 24.2 Å². The van der Waals surface area contributed by atoms with E-state index in [1.165, 1.54) is 24.3 Å². The standard InChI is InChI=1S/C17H20FN5O/c1-11(2)23-15-10-19-22(17(15)12(3)21-23)9-8-16(24)20-14-6-4-13(18)5-7-14/h4-7,10-11H,8-9H2,1-3H3,(H,20,24). The van der Waals surface area contributed by atoms with Gasteiger partial charge >= 0.3 is 0 Å². The molecule has 6 nitrogen and oxygen atoms in total. The van der Waals surface area contributed by atoms with Crippen LogP contribution in [0.3, 0.4) is 0 Å². The Morgan fingerprint density at radius 3 is 2.67 bits per heavy atom. The Morgan fingerprint density at radius 2 is 2.00 bits per heavy atom. The van der Waals surface area contributed by atoms with Crippen LogP contribution in [-0.4, -0.2) is 25.5 Å². The topological polar surface area (TPSA) is 64.7 Å². The molecule has 0 aliphatic rings. The predicted molar refractivity (Wildman–Crippen MR) is 90.3 cm³/mol. The van der Waals surface area contributed by atoms with Gasteiger partial charge in [-0.15, -0.1) is 0 Å². The largest absolute Gasteiger partial charge is 0.326 e. The van der Waals surface area contributed by atoms with Crippen molar-refractivity contribution in [1.29, 1.82) is 0 Å². The van der Waals surface area contributed by atoms with E-state index in [0.717, 1.165) is 16.7 Å². The molecule has 1 aromatic carbocycles. The molecule has 0 aliphatic carbocycles. The van der Waals surface area contributed by atoms with E-state index in [2.05, 4.69) is 29.4 Å². The molecule has 0 bridgehead atoms. The number of rotatable bonds is 5. The molecule has 24 heavy (non-hydrogen) atoms. The van der Waals surface area contributed by atoms with Crippen LogP contribution >= 0.6 is 0 Å². The van der Waals surface area contributed by atoms with Gasteiger partial charge < -0.3 is 5.32 Å². The van der Waals surface area contributed by atoms with Crippen molar-refractivity contribution in [2.45, 2.75) is 39.8 Å². The normalized spacial score (nSPS) is 11.4.